The molecule has 1 radical (unpaired) electrons. The van der Waals surface area contributed by atoms with E-state index in [0.717, 1.165) is 5.56 Å². The Bertz CT molecular complexity index is 774. The molecule has 0 saturated carbocycles. The molecule has 1 heterocycles. The third-order valence-electron chi connectivity index (χ3n) is 2.89. The Kier molecular flexibility index (Phi) is 6.33. The van der Waals surface area contributed by atoms with Gasteiger partial charge in [-0.3, -0.25) is 4.79 Å². The second-order valence-corrected chi connectivity index (χ2v) is 5.99. The number of nitrogens with zero attached hydrogens (tertiary/aromatic N) is 1. The molecule has 2 aromatic rings. The summed E-state index contributed by atoms with van der Waals surface area (Å²) in [6, 6.07) is 13.3. The van der Waals surface area contributed by atoms with Crippen LogP contribution in [0.15, 0.2) is 58.4 Å². The molecule has 2 aromatic carbocycles. The van der Waals surface area contributed by atoms with Gasteiger partial charge in [0.25, 0.3) is 5.91 Å². The number of benzene rings is 2. The number of halogens is 1. The molecule has 0 atom stereocenters. The second kappa shape index (κ2) is 8.04. The van der Waals surface area contributed by atoms with Gasteiger partial charge in [-0.1, -0.05) is 35.9 Å². The minimum absolute atomic E-state index is 0. The minimum Gasteiger partial charge on any atom is -0.872 e. The van der Waals surface area contributed by atoms with Gasteiger partial charge in [0.15, 0.2) is 5.17 Å². The van der Waals surface area contributed by atoms with E-state index in [-0.39, 0.29) is 41.2 Å². The predicted molar refractivity (Wildman–Crippen MR) is 93.9 cm³/mol. The topological polar surface area (TPSA) is 64.5 Å². The maximum atomic E-state index is 11.9. The van der Waals surface area contributed by atoms with Crippen LogP contribution in [0.4, 0.5) is 5.69 Å². The smallest absolute Gasteiger partial charge is 0.264 e. The molecule has 0 bridgehead atoms. The number of hydrogen-bond acceptors (Lipinski definition) is 4. The van der Waals surface area contributed by atoms with Crippen molar-refractivity contribution in [2.45, 2.75) is 0 Å². The van der Waals surface area contributed by atoms with Crippen molar-refractivity contribution >= 4 is 75.8 Å². The molecule has 4 nitrogen and oxygen atoms in total. The van der Waals surface area contributed by atoms with Crippen LogP contribution < -0.4 is 10.4 Å². The summed E-state index contributed by atoms with van der Waals surface area (Å²) < 4.78 is 0. The predicted octanol–water partition coefficient (Wildman–Crippen LogP) is 2.92. The number of nitrogens with one attached hydrogen (secondary N) is 1. The normalized spacial score (nSPS) is 17.2. The van der Waals surface area contributed by atoms with Gasteiger partial charge in [-0.25, -0.2) is 4.99 Å². The summed E-state index contributed by atoms with van der Waals surface area (Å²) in [7, 11) is 0. The van der Waals surface area contributed by atoms with E-state index in [2.05, 4.69) is 10.3 Å². The van der Waals surface area contributed by atoms with Crippen molar-refractivity contribution in [1.82, 2.24) is 5.32 Å². The Morgan fingerprint density at radius 3 is 2.39 bits per heavy atom. The van der Waals surface area contributed by atoms with E-state index >= 15 is 0 Å². The number of amidine groups is 1. The summed E-state index contributed by atoms with van der Waals surface area (Å²) >= 11 is 7.09. The molecule has 0 spiro atoms. The van der Waals surface area contributed by atoms with Crippen LogP contribution in [0.25, 0.3) is 6.08 Å². The minimum atomic E-state index is -0.195. The molecule has 1 saturated heterocycles. The Balaban J connectivity index is 0.00000192. The van der Waals surface area contributed by atoms with Gasteiger partial charge in [-0.15, -0.1) is 5.75 Å². The Labute approximate surface area is 164 Å². The first-order valence-corrected chi connectivity index (χ1v) is 7.62. The van der Waals surface area contributed by atoms with Crippen molar-refractivity contribution in [2.75, 3.05) is 0 Å². The van der Waals surface area contributed by atoms with Gasteiger partial charge < -0.3 is 10.4 Å². The van der Waals surface area contributed by atoms with Gasteiger partial charge in [0.1, 0.15) is 0 Å². The van der Waals surface area contributed by atoms with E-state index in [1.165, 1.54) is 23.9 Å². The number of carbonyl (C=O) groups is 1. The molecular weight excluding hydrogens is 343 g/mol. The number of hydrogen-bond donors (Lipinski definition) is 1. The molecule has 0 aliphatic carbocycles. The van der Waals surface area contributed by atoms with Crippen molar-refractivity contribution in [1.29, 1.82) is 0 Å². The van der Waals surface area contributed by atoms with Gasteiger partial charge in [-0.2, -0.15) is 0 Å². The SMILES string of the molecule is O=C1NC(=Nc2ccc([O-])cc2)S/C1=C/c1ccc(Cl)cc1.[Na]. The largest absolute Gasteiger partial charge is 0.872 e. The number of amides is 1. The van der Waals surface area contributed by atoms with E-state index < -0.39 is 0 Å². The summed E-state index contributed by atoms with van der Waals surface area (Å²) in [6.45, 7) is 0. The van der Waals surface area contributed by atoms with Crippen molar-refractivity contribution in [3.8, 4) is 5.75 Å². The van der Waals surface area contributed by atoms with E-state index in [0.29, 0.717) is 20.8 Å². The van der Waals surface area contributed by atoms with Crippen LogP contribution in [0.5, 0.6) is 5.75 Å². The molecule has 0 aromatic heterocycles. The Morgan fingerprint density at radius 1 is 1.09 bits per heavy atom. The van der Waals surface area contributed by atoms with Crippen molar-refractivity contribution in [3.05, 3.63) is 64.0 Å². The average molecular weight is 353 g/mol. The van der Waals surface area contributed by atoms with Crippen LogP contribution in [-0.4, -0.2) is 40.6 Å². The Morgan fingerprint density at radius 2 is 1.74 bits per heavy atom. The molecule has 0 unspecified atom stereocenters. The van der Waals surface area contributed by atoms with Crippen LogP contribution in [0, 0.1) is 0 Å². The fourth-order valence-electron chi connectivity index (χ4n) is 1.83. The van der Waals surface area contributed by atoms with Crippen LogP contribution in [-0.2, 0) is 4.79 Å². The summed E-state index contributed by atoms with van der Waals surface area (Å²) in [5.41, 5.74) is 1.51. The molecule has 1 fully saturated rings. The monoisotopic (exact) mass is 352 g/mol. The van der Waals surface area contributed by atoms with Crippen LogP contribution in [0.3, 0.4) is 0 Å². The van der Waals surface area contributed by atoms with E-state index in [4.69, 9.17) is 11.6 Å². The maximum Gasteiger partial charge on any atom is 0.264 e. The fraction of sp³-hybridized carbons (Fsp3) is 0. The molecule has 1 aliphatic heterocycles. The van der Waals surface area contributed by atoms with Gasteiger partial charge in [0, 0.05) is 34.6 Å². The second-order valence-electron chi connectivity index (χ2n) is 4.53. The molecule has 1 amide bonds. The average Bonchev–Trinajstić information content (AvgIpc) is 2.84. The fourth-order valence-corrected chi connectivity index (χ4v) is 2.80. The standard InChI is InChI=1S/C16H11ClN2O2S.Na/c17-11-3-1-10(2-4-11)9-14-15(21)19-16(22-14)18-12-5-7-13(20)8-6-12;/h1-9,20H,(H,18,19,21);/p-1/b14-9+;. The van der Waals surface area contributed by atoms with Crippen molar-refractivity contribution in [3.63, 3.8) is 0 Å². The quantitative estimate of drug-likeness (QED) is 0.667. The van der Waals surface area contributed by atoms with Crippen molar-refractivity contribution in [2.24, 2.45) is 4.99 Å². The summed E-state index contributed by atoms with van der Waals surface area (Å²) in [5.74, 6) is -0.269. The van der Waals surface area contributed by atoms with Gasteiger partial charge in [0.2, 0.25) is 0 Å². The number of rotatable bonds is 2. The van der Waals surface area contributed by atoms with Gasteiger partial charge >= 0.3 is 0 Å². The van der Waals surface area contributed by atoms with Crippen LogP contribution in [0.2, 0.25) is 5.02 Å². The van der Waals surface area contributed by atoms with E-state index in [1.807, 2.05) is 12.1 Å². The molecule has 1 aliphatic rings. The number of aliphatic imine (C=N–C) groups is 1. The molecule has 7 heteroatoms. The van der Waals surface area contributed by atoms with Gasteiger partial charge in [-0.05, 0) is 47.7 Å². The summed E-state index contributed by atoms with van der Waals surface area (Å²) in [5, 5.41) is 14.9. The first-order chi connectivity index (χ1) is 10.6. The first-order valence-electron chi connectivity index (χ1n) is 6.42. The molecule has 1 N–H and O–H groups in total. The van der Waals surface area contributed by atoms with E-state index in [9.17, 15) is 9.90 Å². The molecule has 111 valence electrons. The molecule has 23 heavy (non-hydrogen) atoms. The third-order valence-corrected chi connectivity index (χ3v) is 4.05. The number of thioether (sulfide) groups is 1. The Hall–Kier alpha value is -1.24. The van der Waals surface area contributed by atoms with Gasteiger partial charge in [0.05, 0.1) is 10.6 Å². The van der Waals surface area contributed by atoms with E-state index in [1.54, 1.807) is 30.3 Å². The zero-order chi connectivity index (χ0) is 15.5. The molecule has 3 rings (SSSR count). The van der Waals surface area contributed by atoms with Crippen LogP contribution in [0.1, 0.15) is 5.56 Å². The zero-order valence-corrected chi connectivity index (χ0v) is 15.8. The zero-order valence-electron chi connectivity index (χ0n) is 12.2. The summed E-state index contributed by atoms with van der Waals surface area (Å²) in [4.78, 5) is 16.8. The first kappa shape index (κ1) is 18.1. The maximum absolute atomic E-state index is 11.9. The summed E-state index contributed by atoms with van der Waals surface area (Å²) in [6.07, 6.45) is 1.78. The van der Waals surface area contributed by atoms with Crippen molar-refractivity contribution < 1.29 is 9.90 Å². The number of carbonyl (C=O) groups excluding carboxylic acids is 1. The molecular formula is C16H10ClN2NaO2S-. The van der Waals surface area contributed by atoms with Crippen LogP contribution >= 0.6 is 23.4 Å². The third kappa shape index (κ3) is 4.86.